The van der Waals surface area contributed by atoms with E-state index in [4.69, 9.17) is 14.2 Å². The normalized spacial score (nSPS) is 12.5. The molecule has 0 fully saturated rings. The summed E-state index contributed by atoms with van der Waals surface area (Å²) in [5.74, 6) is -2.08. The topological polar surface area (TPSA) is 108 Å². The van der Waals surface area contributed by atoms with Gasteiger partial charge < -0.3 is 19.5 Å². The fourth-order valence-electron chi connectivity index (χ4n) is 1.31. The first-order valence-corrected chi connectivity index (χ1v) is 9.47. The second-order valence-electron chi connectivity index (χ2n) is 6.51. The van der Waals surface area contributed by atoms with Crippen molar-refractivity contribution in [1.29, 1.82) is 0 Å². The minimum absolute atomic E-state index is 0.0991. The molecule has 0 aromatic heterocycles. The zero-order valence-corrected chi connectivity index (χ0v) is 17.6. The highest BCUT2D eigenvalue weighted by atomic mass is 32.2. The van der Waals surface area contributed by atoms with E-state index in [1.54, 1.807) is 41.5 Å². The van der Waals surface area contributed by atoms with E-state index in [1.165, 1.54) is 0 Å². The fraction of sp³-hybridized carbons (Fsp3) is 0.750. The second-order valence-corrected chi connectivity index (χ2v) is 8.59. The van der Waals surface area contributed by atoms with E-state index in [2.05, 4.69) is 17.9 Å². The Morgan fingerprint density at radius 2 is 1.62 bits per heavy atom. The standard InChI is InChI=1S/C16H27NO7S2/c1-9(2)12(18)22-8-23-15(21)26-7-11(13(19)24-10(3)4)17-14(20)16(5,6)25/h9-11,25H,7-8H2,1-6H3,(H,17,20)/t11-/m0/s1. The van der Waals surface area contributed by atoms with Crippen LogP contribution in [0.3, 0.4) is 0 Å². The van der Waals surface area contributed by atoms with Crippen molar-refractivity contribution in [2.45, 2.75) is 58.4 Å². The predicted octanol–water partition coefficient (Wildman–Crippen LogP) is 2.16. The van der Waals surface area contributed by atoms with Crippen LogP contribution < -0.4 is 5.32 Å². The Morgan fingerprint density at radius 3 is 2.08 bits per heavy atom. The highest BCUT2D eigenvalue weighted by Gasteiger charge is 2.30. The lowest BCUT2D eigenvalue weighted by Crippen LogP contribution is -2.49. The highest BCUT2D eigenvalue weighted by molar-refractivity contribution is 8.13. The van der Waals surface area contributed by atoms with E-state index < -0.39 is 40.7 Å². The van der Waals surface area contributed by atoms with Crippen molar-refractivity contribution in [2.75, 3.05) is 12.5 Å². The summed E-state index contributed by atoms with van der Waals surface area (Å²) in [6.45, 7) is 9.26. The van der Waals surface area contributed by atoms with Crippen LogP contribution in [-0.4, -0.2) is 52.6 Å². The van der Waals surface area contributed by atoms with Crippen molar-refractivity contribution in [1.82, 2.24) is 5.32 Å². The molecule has 0 radical (unpaired) electrons. The summed E-state index contributed by atoms with van der Waals surface area (Å²) in [6, 6.07) is -1.05. The number of nitrogens with one attached hydrogen (secondary N) is 1. The lowest BCUT2D eigenvalue weighted by Gasteiger charge is -2.23. The Morgan fingerprint density at radius 1 is 1.04 bits per heavy atom. The molecule has 0 unspecified atom stereocenters. The minimum atomic E-state index is -1.05. The molecule has 26 heavy (non-hydrogen) atoms. The van der Waals surface area contributed by atoms with Crippen molar-refractivity contribution < 1.29 is 33.4 Å². The summed E-state index contributed by atoms with van der Waals surface area (Å²) >= 11 is 4.80. The third-order valence-electron chi connectivity index (χ3n) is 2.71. The maximum Gasteiger partial charge on any atom is 0.370 e. The van der Waals surface area contributed by atoms with Crippen LogP contribution in [0.1, 0.15) is 41.5 Å². The van der Waals surface area contributed by atoms with Crippen LogP contribution >= 0.6 is 24.4 Å². The van der Waals surface area contributed by atoms with Crippen LogP contribution in [-0.2, 0) is 28.6 Å². The summed E-state index contributed by atoms with van der Waals surface area (Å²) in [5.41, 5.74) is 0. The summed E-state index contributed by atoms with van der Waals surface area (Å²) in [5, 5.41) is 1.76. The van der Waals surface area contributed by atoms with Gasteiger partial charge >= 0.3 is 17.2 Å². The van der Waals surface area contributed by atoms with Crippen LogP contribution in [0.15, 0.2) is 0 Å². The van der Waals surface area contributed by atoms with E-state index in [0.29, 0.717) is 11.8 Å². The van der Waals surface area contributed by atoms with Gasteiger partial charge in [-0.05, 0) is 39.5 Å². The van der Waals surface area contributed by atoms with Gasteiger partial charge in [0.1, 0.15) is 6.04 Å². The van der Waals surface area contributed by atoms with E-state index in [1.807, 2.05) is 0 Å². The van der Waals surface area contributed by atoms with E-state index in [-0.39, 0.29) is 17.8 Å². The number of thiol groups is 1. The molecule has 0 heterocycles. The van der Waals surface area contributed by atoms with Gasteiger partial charge in [-0.15, -0.1) is 0 Å². The zero-order valence-electron chi connectivity index (χ0n) is 15.9. The maximum atomic E-state index is 12.1. The van der Waals surface area contributed by atoms with Gasteiger partial charge in [0.05, 0.1) is 16.8 Å². The van der Waals surface area contributed by atoms with E-state index >= 15 is 0 Å². The van der Waals surface area contributed by atoms with Crippen molar-refractivity contribution in [3.8, 4) is 0 Å². The first-order valence-electron chi connectivity index (χ1n) is 8.04. The summed E-state index contributed by atoms with van der Waals surface area (Å²) in [7, 11) is 0. The molecule has 0 saturated carbocycles. The summed E-state index contributed by atoms with van der Waals surface area (Å²) in [4.78, 5) is 47.1. The first-order chi connectivity index (χ1) is 11.8. The molecule has 1 N–H and O–H groups in total. The monoisotopic (exact) mass is 409 g/mol. The SMILES string of the molecule is CC(C)OC(=O)[C@H](CSC(=O)OCOC(=O)C(C)C)NC(=O)C(C)(C)S. The van der Waals surface area contributed by atoms with Gasteiger partial charge in [-0.1, -0.05) is 13.8 Å². The average molecular weight is 410 g/mol. The molecule has 0 rings (SSSR count). The molecule has 0 spiro atoms. The van der Waals surface area contributed by atoms with Gasteiger partial charge in [0.15, 0.2) is 0 Å². The average Bonchev–Trinajstić information content (AvgIpc) is 2.48. The van der Waals surface area contributed by atoms with Crippen molar-refractivity contribution in [3.05, 3.63) is 0 Å². The number of carbonyl (C=O) groups is 4. The molecule has 0 aliphatic heterocycles. The lowest BCUT2D eigenvalue weighted by atomic mass is 10.2. The maximum absolute atomic E-state index is 12.1. The Hall–Kier alpha value is -1.42. The van der Waals surface area contributed by atoms with Crippen molar-refractivity contribution in [2.24, 2.45) is 5.92 Å². The number of amides is 1. The quantitative estimate of drug-likeness (QED) is 0.339. The third-order valence-corrected chi connectivity index (χ3v) is 3.77. The minimum Gasteiger partial charge on any atom is -0.461 e. The van der Waals surface area contributed by atoms with E-state index in [0.717, 1.165) is 0 Å². The first kappa shape index (κ1) is 24.6. The van der Waals surface area contributed by atoms with E-state index in [9.17, 15) is 19.2 Å². The molecule has 0 aliphatic rings. The Labute approximate surface area is 163 Å². The number of rotatable bonds is 9. The van der Waals surface area contributed by atoms with Gasteiger partial charge in [-0.25, -0.2) is 9.59 Å². The summed E-state index contributed by atoms with van der Waals surface area (Å²) in [6.07, 6.45) is -0.377. The molecular formula is C16H27NO7S2. The molecule has 8 nitrogen and oxygen atoms in total. The number of thioether (sulfide) groups is 1. The van der Waals surface area contributed by atoms with Crippen LogP contribution in [0, 0.1) is 5.92 Å². The molecule has 1 amide bonds. The Bertz CT molecular complexity index is 515. The largest absolute Gasteiger partial charge is 0.461 e. The molecular weight excluding hydrogens is 382 g/mol. The zero-order chi connectivity index (χ0) is 20.5. The predicted molar refractivity (Wildman–Crippen MR) is 101 cm³/mol. The second kappa shape index (κ2) is 11.3. The molecule has 0 saturated heterocycles. The summed E-state index contributed by atoms with van der Waals surface area (Å²) < 4.78 is 13.5. The third kappa shape index (κ3) is 10.5. The molecule has 1 atom stereocenters. The van der Waals surface area contributed by atoms with Gasteiger partial charge in [-0.3, -0.25) is 9.59 Å². The smallest absolute Gasteiger partial charge is 0.370 e. The molecule has 0 aliphatic carbocycles. The molecule has 0 aromatic rings. The van der Waals surface area contributed by atoms with Crippen LogP contribution in [0.5, 0.6) is 0 Å². The van der Waals surface area contributed by atoms with Gasteiger partial charge in [-0.2, -0.15) is 12.6 Å². The fourth-order valence-corrected chi connectivity index (χ4v) is 2.03. The highest BCUT2D eigenvalue weighted by Crippen LogP contribution is 2.14. The number of carbonyl (C=O) groups excluding carboxylic acids is 4. The van der Waals surface area contributed by atoms with Crippen LogP contribution in [0.4, 0.5) is 4.79 Å². The van der Waals surface area contributed by atoms with Crippen molar-refractivity contribution >= 4 is 47.5 Å². The Kier molecular flexibility index (Phi) is 10.7. The number of hydrogen-bond acceptors (Lipinski definition) is 9. The molecule has 10 heteroatoms. The van der Waals surface area contributed by atoms with Crippen LogP contribution in [0.2, 0.25) is 0 Å². The molecule has 0 bridgehead atoms. The number of esters is 2. The van der Waals surface area contributed by atoms with Gasteiger partial charge in [0, 0.05) is 5.75 Å². The lowest BCUT2D eigenvalue weighted by molar-refractivity contribution is -0.155. The van der Waals surface area contributed by atoms with Crippen molar-refractivity contribution in [3.63, 3.8) is 0 Å². The number of ether oxygens (including phenoxy) is 3. The van der Waals surface area contributed by atoms with Gasteiger partial charge in [0.2, 0.25) is 12.7 Å². The van der Waals surface area contributed by atoms with Gasteiger partial charge in [0.25, 0.3) is 0 Å². The Balaban J connectivity index is 4.62. The molecule has 150 valence electrons. The number of hydrogen-bond donors (Lipinski definition) is 2. The van der Waals surface area contributed by atoms with Crippen LogP contribution in [0.25, 0.3) is 0 Å². The molecule has 0 aromatic carbocycles.